The molecule has 0 radical (unpaired) electrons. The van der Waals surface area contributed by atoms with Gasteiger partial charge in [0.2, 0.25) is 0 Å². The Morgan fingerprint density at radius 3 is 2.39 bits per heavy atom. The lowest BCUT2D eigenvalue weighted by atomic mass is 10.2. The second-order valence-electron chi connectivity index (χ2n) is 5.42. The van der Waals surface area contributed by atoms with Crippen LogP contribution in [0.25, 0.3) is 0 Å². The van der Waals surface area contributed by atoms with E-state index in [1.165, 1.54) is 36.4 Å². The Kier molecular flexibility index (Phi) is 6.60. The van der Waals surface area contributed by atoms with Crippen LogP contribution in [-0.2, 0) is 6.54 Å². The fourth-order valence-corrected chi connectivity index (χ4v) is 2.04. The van der Waals surface area contributed by atoms with Crippen molar-refractivity contribution < 1.29 is 35.8 Å². The van der Waals surface area contributed by atoms with E-state index in [4.69, 9.17) is 5.73 Å². The van der Waals surface area contributed by atoms with Crippen LogP contribution in [0.1, 0.15) is 5.56 Å². The standard InChI is InChI=1S/C17H15F6N3O2/c18-16(19,20)10-27-12-5-3-4-11(8-12)9-25-15(24)26-13-6-1-2-7-14(13)28-17(21,22)23/h1-8H,9-10H2,(H3,24,25,26). The summed E-state index contributed by atoms with van der Waals surface area (Å²) in [5.41, 5.74) is 6.10. The summed E-state index contributed by atoms with van der Waals surface area (Å²) >= 11 is 0. The Balaban J connectivity index is 2.02. The second kappa shape index (κ2) is 8.72. The van der Waals surface area contributed by atoms with Crippen molar-refractivity contribution in [3.63, 3.8) is 0 Å². The predicted molar refractivity (Wildman–Crippen MR) is 90.1 cm³/mol. The summed E-state index contributed by atoms with van der Waals surface area (Å²) in [4.78, 5) is 3.95. The molecule has 2 rings (SSSR count). The van der Waals surface area contributed by atoms with E-state index in [9.17, 15) is 26.3 Å². The zero-order valence-electron chi connectivity index (χ0n) is 14.1. The average Bonchev–Trinajstić information content (AvgIpc) is 2.58. The van der Waals surface area contributed by atoms with Crippen molar-refractivity contribution in [1.82, 2.24) is 0 Å². The minimum absolute atomic E-state index is 0.000443. The van der Waals surface area contributed by atoms with Crippen LogP contribution >= 0.6 is 0 Å². The molecule has 0 amide bonds. The number of anilines is 1. The normalized spacial score (nSPS) is 12.6. The van der Waals surface area contributed by atoms with Crippen LogP contribution in [0, 0.1) is 0 Å². The van der Waals surface area contributed by atoms with Crippen LogP contribution in [0.3, 0.4) is 0 Å². The molecule has 0 bridgehead atoms. The second-order valence-corrected chi connectivity index (χ2v) is 5.42. The molecule has 0 aromatic heterocycles. The van der Waals surface area contributed by atoms with Crippen molar-refractivity contribution >= 4 is 11.6 Å². The molecule has 2 aromatic rings. The largest absolute Gasteiger partial charge is 0.573 e. The summed E-state index contributed by atoms with van der Waals surface area (Å²) in [5, 5.41) is 2.49. The van der Waals surface area contributed by atoms with E-state index in [0.717, 1.165) is 6.07 Å². The molecule has 0 heterocycles. The Bertz CT molecular complexity index is 821. The lowest BCUT2D eigenvalue weighted by molar-refractivity contribution is -0.274. The highest BCUT2D eigenvalue weighted by Gasteiger charge is 2.32. The van der Waals surface area contributed by atoms with Crippen LogP contribution in [-0.4, -0.2) is 25.1 Å². The van der Waals surface area contributed by atoms with Gasteiger partial charge in [-0.05, 0) is 29.8 Å². The minimum Gasteiger partial charge on any atom is -0.484 e. The number of hydrogen-bond acceptors (Lipinski definition) is 3. The Morgan fingerprint density at radius 2 is 1.71 bits per heavy atom. The third kappa shape index (κ3) is 7.64. The van der Waals surface area contributed by atoms with Crippen molar-refractivity contribution in [1.29, 1.82) is 0 Å². The van der Waals surface area contributed by atoms with Gasteiger partial charge in [0.25, 0.3) is 0 Å². The van der Waals surface area contributed by atoms with Gasteiger partial charge in [-0.15, -0.1) is 13.2 Å². The number of nitrogens with zero attached hydrogens (tertiary/aromatic N) is 1. The fourth-order valence-electron chi connectivity index (χ4n) is 2.04. The van der Waals surface area contributed by atoms with Gasteiger partial charge in [-0.2, -0.15) is 13.2 Å². The zero-order valence-corrected chi connectivity index (χ0v) is 14.1. The first kappa shape index (κ1) is 21.2. The molecule has 11 heteroatoms. The summed E-state index contributed by atoms with van der Waals surface area (Å²) in [7, 11) is 0. The van der Waals surface area contributed by atoms with Gasteiger partial charge in [-0.25, -0.2) is 4.99 Å². The van der Waals surface area contributed by atoms with Crippen molar-refractivity contribution in [2.75, 3.05) is 11.9 Å². The van der Waals surface area contributed by atoms with E-state index >= 15 is 0 Å². The Labute approximate surface area is 155 Å². The molecule has 0 aliphatic heterocycles. The highest BCUT2D eigenvalue weighted by atomic mass is 19.4. The van der Waals surface area contributed by atoms with E-state index in [2.05, 4.69) is 19.8 Å². The molecule has 0 saturated carbocycles. The summed E-state index contributed by atoms with van der Waals surface area (Å²) in [6.45, 7) is -1.47. The van der Waals surface area contributed by atoms with Gasteiger partial charge in [0.05, 0.1) is 12.2 Å². The quantitative estimate of drug-likeness (QED) is 0.422. The molecule has 0 fully saturated rings. The first-order valence-electron chi connectivity index (χ1n) is 7.72. The van der Waals surface area contributed by atoms with Crippen molar-refractivity contribution in [2.24, 2.45) is 10.7 Å². The van der Waals surface area contributed by atoms with E-state index in [-0.39, 0.29) is 23.9 Å². The van der Waals surface area contributed by atoms with E-state index in [0.29, 0.717) is 5.56 Å². The number of nitrogens with one attached hydrogen (secondary N) is 1. The predicted octanol–water partition coefficient (Wildman–Crippen LogP) is 4.45. The highest BCUT2D eigenvalue weighted by Crippen LogP contribution is 2.29. The maximum absolute atomic E-state index is 12.4. The monoisotopic (exact) mass is 407 g/mol. The molecule has 5 nitrogen and oxygen atoms in total. The van der Waals surface area contributed by atoms with Crippen molar-refractivity contribution in [2.45, 2.75) is 19.1 Å². The highest BCUT2D eigenvalue weighted by molar-refractivity contribution is 5.93. The number of alkyl halides is 6. The molecule has 2 aromatic carbocycles. The number of halogens is 6. The van der Waals surface area contributed by atoms with Gasteiger partial charge in [-0.1, -0.05) is 24.3 Å². The first-order chi connectivity index (χ1) is 13.0. The van der Waals surface area contributed by atoms with Crippen molar-refractivity contribution in [3.05, 3.63) is 54.1 Å². The van der Waals surface area contributed by atoms with Crippen LogP contribution in [0.4, 0.5) is 32.0 Å². The number of aliphatic imine (C=N–C) groups is 1. The molecule has 0 spiro atoms. The molecular formula is C17H15F6N3O2. The lowest BCUT2D eigenvalue weighted by Gasteiger charge is -2.14. The number of nitrogens with two attached hydrogens (primary N) is 1. The van der Waals surface area contributed by atoms with E-state index in [1.54, 1.807) is 6.07 Å². The minimum atomic E-state index is -4.87. The van der Waals surface area contributed by atoms with Gasteiger partial charge in [0.15, 0.2) is 18.3 Å². The molecule has 0 aliphatic carbocycles. The summed E-state index contributed by atoms with van der Waals surface area (Å²) in [6, 6.07) is 11.0. The molecule has 0 saturated heterocycles. The van der Waals surface area contributed by atoms with Crippen LogP contribution in [0.15, 0.2) is 53.5 Å². The van der Waals surface area contributed by atoms with E-state index in [1.807, 2.05) is 0 Å². The van der Waals surface area contributed by atoms with Gasteiger partial charge < -0.3 is 20.5 Å². The van der Waals surface area contributed by atoms with Gasteiger partial charge in [-0.3, -0.25) is 0 Å². The molecule has 0 atom stereocenters. The van der Waals surface area contributed by atoms with Crippen molar-refractivity contribution in [3.8, 4) is 11.5 Å². The smallest absolute Gasteiger partial charge is 0.484 e. The molecule has 152 valence electrons. The van der Waals surface area contributed by atoms with Crippen LogP contribution in [0.2, 0.25) is 0 Å². The maximum Gasteiger partial charge on any atom is 0.573 e. The van der Waals surface area contributed by atoms with Crippen LogP contribution < -0.4 is 20.5 Å². The fraction of sp³-hybridized carbons (Fsp3) is 0.235. The SMILES string of the molecule is NC(=NCc1cccc(OCC(F)(F)F)c1)Nc1ccccc1OC(F)(F)F. The third-order valence-corrected chi connectivity index (χ3v) is 3.11. The summed E-state index contributed by atoms with van der Waals surface area (Å²) in [5.74, 6) is -0.698. The third-order valence-electron chi connectivity index (χ3n) is 3.11. The molecule has 28 heavy (non-hydrogen) atoms. The molecular weight excluding hydrogens is 392 g/mol. The number of ether oxygens (including phenoxy) is 2. The van der Waals surface area contributed by atoms with E-state index < -0.39 is 24.9 Å². The van der Waals surface area contributed by atoms with Crippen LogP contribution in [0.5, 0.6) is 11.5 Å². The lowest BCUT2D eigenvalue weighted by Crippen LogP contribution is -2.24. The zero-order chi connectivity index (χ0) is 20.8. The molecule has 0 unspecified atom stereocenters. The molecule has 0 aliphatic rings. The number of para-hydroxylation sites is 2. The molecule has 3 N–H and O–H groups in total. The number of guanidine groups is 1. The Morgan fingerprint density at radius 1 is 1.00 bits per heavy atom. The Hall–Kier alpha value is -3.11. The summed E-state index contributed by atoms with van der Waals surface area (Å²) < 4.78 is 82.3. The number of hydrogen-bond donors (Lipinski definition) is 2. The topological polar surface area (TPSA) is 68.9 Å². The summed E-state index contributed by atoms with van der Waals surface area (Å²) in [6.07, 6.45) is -9.34. The number of benzene rings is 2. The first-order valence-corrected chi connectivity index (χ1v) is 7.72. The average molecular weight is 407 g/mol. The van der Waals surface area contributed by atoms with Gasteiger partial charge >= 0.3 is 12.5 Å². The van der Waals surface area contributed by atoms with Gasteiger partial charge in [0.1, 0.15) is 5.75 Å². The maximum atomic E-state index is 12.4. The van der Waals surface area contributed by atoms with Gasteiger partial charge in [0, 0.05) is 0 Å². The number of rotatable bonds is 6.